The number of nitrogens with one attached hydrogen (secondary N) is 2. The van der Waals surface area contributed by atoms with Crippen LogP contribution < -0.4 is 29.3 Å². The molecule has 13 heteroatoms. The summed E-state index contributed by atoms with van der Waals surface area (Å²) in [5.74, 6) is -0.0302. The number of ether oxygens (including phenoxy) is 3. The summed E-state index contributed by atoms with van der Waals surface area (Å²) in [6.45, 7) is -0.823. The number of nitrogens with zero attached hydrogens (tertiary/aromatic N) is 2. The number of sulfonamides is 1. The van der Waals surface area contributed by atoms with Crippen LogP contribution in [-0.2, 0) is 19.6 Å². The first-order valence-corrected chi connectivity index (χ1v) is 14.9. The maximum atomic E-state index is 13.6. The van der Waals surface area contributed by atoms with E-state index in [4.69, 9.17) is 25.8 Å². The van der Waals surface area contributed by atoms with E-state index in [1.807, 2.05) is 0 Å². The Morgan fingerprint density at radius 1 is 0.864 bits per heavy atom. The van der Waals surface area contributed by atoms with Crippen molar-refractivity contribution in [1.82, 2.24) is 5.43 Å². The highest BCUT2D eigenvalue weighted by atomic mass is 35.5. The zero-order valence-corrected chi connectivity index (χ0v) is 25.3. The molecule has 4 aromatic carbocycles. The topological polar surface area (TPSA) is 136 Å². The van der Waals surface area contributed by atoms with Gasteiger partial charge in [0.05, 0.1) is 41.7 Å². The fraction of sp³-hybridized carbons (Fsp3) is 0.129. The lowest BCUT2D eigenvalue weighted by atomic mass is 10.2. The molecular weight excluding hydrogens is 608 g/mol. The summed E-state index contributed by atoms with van der Waals surface area (Å²) in [7, 11) is -1.34. The van der Waals surface area contributed by atoms with Crippen LogP contribution in [0.25, 0.3) is 0 Å². The molecule has 0 saturated carbocycles. The lowest BCUT2D eigenvalue weighted by Gasteiger charge is -2.25. The molecule has 0 spiro atoms. The van der Waals surface area contributed by atoms with Crippen molar-refractivity contribution in [2.75, 3.05) is 37.0 Å². The molecule has 4 aromatic rings. The predicted molar refractivity (Wildman–Crippen MR) is 168 cm³/mol. The third-order valence-electron chi connectivity index (χ3n) is 6.07. The van der Waals surface area contributed by atoms with Crippen LogP contribution in [0.3, 0.4) is 0 Å². The Kier molecular flexibility index (Phi) is 10.8. The standard InChI is InChI=1S/C31H29ClN4O7S/c1-41-24-16-17-29(42-2)28(18-24)36(44(39,40)25-8-4-3-5-9-25)20-30(37)35-33-19-22-12-14-23(15-13-22)43-21-31(38)34-27-11-7-6-10-26(27)32/h3-19H,20-21H2,1-2H3,(H,34,38)(H,35,37)/b33-19-. The quantitative estimate of drug-likeness (QED) is 0.160. The Bertz CT molecular complexity index is 1730. The lowest BCUT2D eigenvalue weighted by Crippen LogP contribution is -2.39. The first-order valence-electron chi connectivity index (χ1n) is 13.1. The van der Waals surface area contributed by atoms with Gasteiger partial charge < -0.3 is 19.5 Å². The molecule has 228 valence electrons. The number of benzene rings is 4. The van der Waals surface area contributed by atoms with E-state index in [-0.39, 0.29) is 28.8 Å². The van der Waals surface area contributed by atoms with Crippen molar-refractivity contribution in [2.45, 2.75) is 4.90 Å². The molecule has 44 heavy (non-hydrogen) atoms. The van der Waals surface area contributed by atoms with Crippen molar-refractivity contribution < 1.29 is 32.2 Å². The van der Waals surface area contributed by atoms with Gasteiger partial charge in [-0.3, -0.25) is 13.9 Å². The zero-order chi connectivity index (χ0) is 31.5. The van der Waals surface area contributed by atoms with Gasteiger partial charge in [0.2, 0.25) is 0 Å². The minimum atomic E-state index is -4.18. The molecule has 0 radical (unpaired) electrons. The van der Waals surface area contributed by atoms with E-state index in [2.05, 4.69) is 15.8 Å². The van der Waals surface area contributed by atoms with E-state index in [1.165, 1.54) is 38.6 Å². The second-order valence-electron chi connectivity index (χ2n) is 9.04. The fourth-order valence-electron chi connectivity index (χ4n) is 3.90. The van der Waals surface area contributed by atoms with Crippen LogP contribution in [0.1, 0.15) is 5.56 Å². The van der Waals surface area contributed by atoms with E-state index in [0.29, 0.717) is 27.8 Å². The third-order valence-corrected chi connectivity index (χ3v) is 8.18. The fourth-order valence-corrected chi connectivity index (χ4v) is 5.53. The minimum Gasteiger partial charge on any atom is -0.497 e. The summed E-state index contributed by atoms with van der Waals surface area (Å²) in [5.41, 5.74) is 3.58. The average Bonchev–Trinajstić information content (AvgIpc) is 3.04. The van der Waals surface area contributed by atoms with Gasteiger partial charge in [-0.2, -0.15) is 5.10 Å². The normalized spacial score (nSPS) is 11.1. The molecule has 0 fully saturated rings. The van der Waals surface area contributed by atoms with Crippen molar-refractivity contribution in [3.8, 4) is 17.2 Å². The summed E-state index contributed by atoms with van der Waals surface area (Å²) >= 11 is 6.05. The second-order valence-corrected chi connectivity index (χ2v) is 11.3. The number of methoxy groups -OCH3 is 2. The number of hydrogen-bond donors (Lipinski definition) is 2. The van der Waals surface area contributed by atoms with Gasteiger partial charge in [0.25, 0.3) is 21.8 Å². The van der Waals surface area contributed by atoms with E-state index >= 15 is 0 Å². The summed E-state index contributed by atoms with van der Waals surface area (Å²) in [5, 5.41) is 7.05. The molecule has 0 aromatic heterocycles. The number of amides is 2. The van der Waals surface area contributed by atoms with Gasteiger partial charge in [0.1, 0.15) is 23.8 Å². The molecule has 0 unspecified atom stereocenters. The van der Waals surface area contributed by atoms with Crippen LogP contribution in [0.15, 0.2) is 107 Å². The molecule has 0 heterocycles. The zero-order valence-electron chi connectivity index (χ0n) is 23.8. The number of anilines is 2. The molecule has 0 saturated heterocycles. The van der Waals surface area contributed by atoms with Crippen molar-refractivity contribution in [3.63, 3.8) is 0 Å². The number of halogens is 1. The Morgan fingerprint density at radius 3 is 2.23 bits per heavy atom. The van der Waals surface area contributed by atoms with Crippen LogP contribution in [0, 0.1) is 0 Å². The molecule has 0 aliphatic rings. The first-order chi connectivity index (χ1) is 21.2. The van der Waals surface area contributed by atoms with Gasteiger partial charge in [-0.05, 0) is 66.2 Å². The van der Waals surface area contributed by atoms with Gasteiger partial charge in [-0.25, -0.2) is 13.8 Å². The highest BCUT2D eigenvalue weighted by Gasteiger charge is 2.29. The molecule has 2 N–H and O–H groups in total. The van der Waals surface area contributed by atoms with E-state index < -0.39 is 22.5 Å². The number of rotatable bonds is 13. The first kappa shape index (κ1) is 31.9. The molecule has 0 atom stereocenters. The van der Waals surface area contributed by atoms with E-state index in [1.54, 1.807) is 78.9 Å². The molecule has 11 nitrogen and oxygen atoms in total. The highest BCUT2D eigenvalue weighted by molar-refractivity contribution is 7.92. The summed E-state index contributed by atoms with van der Waals surface area (Å²) in [4.78, 5) is 25.1. The lowest BCUT2D eigenvalue weighted by molar-refractivity contribution is -0.119. The van der Waals surface area contributed by atoms with Crippen LogP contribution in [0.5, 0.6) is 17.2 Å². The maximum Gasteiger partial charge on any atom is 0.264 e. The van der Waals surface area contributed by atoms with Gasteiger partial charge in [-0.15, -0.1) is 0 Å². The monoisotopic (exact) mass is 636 g/mol. The van der Waals surface area contributed by atoms with Gasteiger partial charge in [0.15, 0.2) is 6.61 Å². The van der Waals surface area contributed by atoms with Crippen LogP contribution in [0.2, 0.25) is 5.02 Å². The minimum absolute atomic E-state index is 0.00942. The van der Waals surface area contributed by atoms with Crippen LogP contribution in [0.4, 0.5) is 11.4 Å². The van der Waals surface area contributed by atoms with Crippen molar-refractivity contribution in [1.29, 1.82) is 0 Å². The van der Waals surface area contributed by atoms with Gasteiger partial charge in [-0.1, -0.05) is 41.9 Å². The van der Waals surface area contributed by atoms with Crippen LogP contribution in [-0.4, -0.2) is 53.8 Å². The SMILES string of the molecule is COc1ccc(OC)c(N(CC(=O)N/N=C\c2ccc(OCC(=O)Nc3ccccc3Cl)cc2)S(=O)(=O)c2ccccc2)c1. The summed E-state index contributed by atoms with van der Waals surface area (Å²) in [6.07, 6.45) is 1.38. The molecular formula is C31H29ClN4O7S. The van der Waals surface area contributed by atoms with Gasteiger partial charge >= 0.3 is 0 Å². The Morgan fingerprint density at radius 2 is 1.55 bits per heavy atom. The number of hydrogen-bond acceptors (Lipinski definition) is 8. The summed E-state index contributed by atoms with van der Waals surface area (Å²) in [6, 6.07) is 25.8. The van der Waals surface area contributed by atoms with E-state index in [0.717, 1.165) is 4.31 Å². The van der Waals surface area contributed by atoms with E-state index in [9.17, 15) is 18.0 Å². The molecule has 0 aliphatic carbocycles. The maximum absolute atomic E-state index is 13.6. The van der Waals surface area contributed by atoms with Crippen molar-refractivity contribution in [2.24, 2.45) is 5.10 Å². The number of hydrazone groups is 1. The van der Waals surface area contributed by atoms with Crippen molar-refractivity contribution >= 4 is 51.0 Å². The number of carbonyl (C=O) groups excluding carboxylic acids is 2. The Labute approximate surface area is 260 Å². The van der Waals surface area contributed by atoms with Gasteiger partial charge in [0, 0.05) is 6.07 Å². The Hall–Kier alpha value is -5.07. The smallest absolute Gasteiger partial charge is 0.264 e. The molecule has 2 amide bonds. The van der Waals surface area contributed by atoms with Crippen LogP contribution >= 0.6 is 11.6 Å². The largest absolute Gasteiger partial charge is 0.497 e. The highest BCUT2D eigenvalue weighted by Crippen LogP contribution is 2.35. The summed E-state index contributed by atoms with van der Waals surface area (Å²) < 4.78 is 44.4. The number of carbonyl (C=O) groups is 2. The Balaban J connectivity index is 1.40. The third kappa shape index (κ3) is 8.27. The molecule has 4 rings (SSSR count). The average molecular weight is 637 g/mol. The molecule has 0 bridgehead atoms. The molecule has 0 aliphatic heterocycles. The predicted octanol–water partition coefficient (Wildman–Crippen LogP) is 4.72. The number of para-hydroxylation sites is 1. The van der Waals surface area contributed by atoms with Crippen molar-refractivity contribution in [3.05, 3.63) is 108 Å². The second kappa shape index (κ2) is 14.9.